The Morgan fingerprint density at radius 3 is 1.96 bits per heavy atom. The van der Waals surface area contributed by atoms with E-state index in [1.54, 1.807) is 18.2 Å². The zero-order valence-electron chi connectivity index (χ0n) is 13.2. The van der Waals surface area contributed by atoms with E-state index in [9.17, 15) is 4.79 Å². The van der Waals surface area contributed by atoms with Gasteiger partial charge in [0.05, 0.1) is 17.9 Å². The first kappa shape index (κ1) is 17.6. The maximum atomic E-state index is 12.3. The molecular formula is C20H13BCl2O2. The molecule has 0 saturated heterocycles. The molecule has 0 aliphatic rings. The van der Waals surface area contributed by atoms with Gasteiger partial charge in [-0.3, -0.25) is 4.79 Å². The van der Waals surface area contributed by atoms with Crippen LogP contribution in [-0.4, -0.2) is 13.8 Å². The molecule has 25 heavy (non-hydrogen) atoms. The summed E-state index contributed by atoms with van der Waals surface area (Å²) in [6.45, 7) is 0. The number of esters is 1. The summed E-state index contributed by atoms with van der Waals surface area (Å²) in [5.41, 5.74) is 2.78. The van der Waals surface area contributed by atoms with Gasteiger partial charge in [-0.15, -0.1) is 0 Å². The molecule has 0 N–H and O–H groups in total. The van der Waals surface area contributed by atoms with Crippen LogP contribution in [0.25, 0.3) is 11.1 Å². The van der Waals surface area contributed by atoms with Gasteiger partial charge in [-0.05, 0) is 28.8 Å². The van der Waals surface area contributed by atoms with E-state index < -0.39 is 11.8 Å². The van der Waals surface area contributed by atoms with E-state index in [2.05, 4.69) is 0 Å². The minimum atomic E-state index is -0.933. The highest BCUT2D eigenvalue weighted by Crippen LogP contribution is 2.33. The molecule has 0 amide bonds. The lowest BCUT2D eigenvalue weighted by molar-refractivity contribution is -0.134. The van der Waals surface area contributed by atoms with Crippen molar-refractivity contribution >= 4 is 37.0 Å². The monoisotopic (exact) mass is 366 g/mol. The van der Waals surface area contributed by atoms with Crippen LogP contribution in [0.2, 0.25) is 10.0 Å². The average Bonchev–Trinajstić information content (AvgIpc) is 2.65. The third-order valence-electron chi connectivity index (χ3n) is 3.75. The predicted octanol–water partition coefficient (Wildman–Crippen LogP) is 5.48. The van der Waals surface area contributed by atoms with Gasteiger partial charge in [0.25, 0.3) is 0 Å². The number of hydrogen-bond acceptors (Lipinski definition) is 2. The molecule has 1 unspecified atom stereocenters. The van der Waals surface area contributed by atoms with Crippen molar-refractivity contribution in [2.75, 3.05) is 0 Å². The lowest BCUT2D eigenvalue weighted by Gasteiger charge is -2.14. The minimum absolute atomic E-state index is 0.118. The number of rotatable bonds is 4. The number of carbonyl (C=O) groups excluding carboxylic acids is 1. The zero-order chi connectivity index (χ0) is 17.8. The van der Waals surface area contributed by atoms with Crippen LogP contribution < -0.4 is 4.74 Å². The summed E-state index contributed by atoms with van der Waals surface area (Å²) in [7, 11) is 6.01. The first-order valence-corrected chi connectivity index (χ1v) is 8.38. The van der Waals surface area contributed by atoms with Crippen molar-refractivity contribution in [3.05, 3.63) is 88.4 Å². The summed E-state index contributed by atoms with van der Waals surface area (Å²) in [6.07, 6.45) is 0. The van der Waals surface area contributed by atoms with Crippen LogP contribution >= 0.6 is 23.2 Å². The lowest BCUT2D eigenvalue weighted by atomic mass is 9.80. The maximum absolute atomic E-state index is 12.3. The molecule has 3 rings (SSSR count). The van der Waals surface area contributed by atoms with E-state index in [1.165, 1.54) is 0 Å². The Hall–Kier alpha value is -2.23. The summed E-state index contributed by atoms with van der Waals surface area (Å²) < 4.78 is 5.28. The van der Waals surface area contributed by atoms with Gasteiger partial charge in [0.2, 0.25) is 0 Å². The zero-order valence-corrected chi connectivity index (χ0v) is 14.7. The van der Waals surface area contributed by atoms with Crippen LogP contribution in [0, 0.1) is 0 Å². The Balaban J connectivity index is 1.76. The Morgan fingerprint density at radius 1 is 0.800 bits per heavy atom. The minimum Gasteiger partial charge on any atom is -0.423 e. The first-order chi connectivity index (χ1) is 12.1. The molecule has 0 aliphatic carbocycles. The van der Waals surface area contributed by atoms with Crippen molar-refractivity contribution in [2.45, 2.75) is 5.82 Å². The molecule has 1 atom stereocenters. The molecule has 0 aromatic heterocycles. The van der Waals surface area contributed by atoms with Crippen LogP contribution in [-0.2, 0) is 4.79 Å². The highest BCUT2D eigenvalue weighted by Gasteiger charge is 2.19. The fraction of sp³-hybridized carbons (Fsp3) is 0.0500. The van der Waals surface area contributed by atoms with Crippen LogP contribution in [0.3, 0.4) is 0 Å². The topological polar surface area (TPSA) is 26.3 Å². The van der Waals surface area contributed by atoms with Crippen LogP contribution in [0.5, 0.6) is 5.75 Å². The van der Waals surface area contributed by atoms with E-state index in [0.29, 0.717) is 5.56 Å². The SMILES string of the molecule is [B]C(C(=O)Oc1c(Cl)cccc1Cl)c1ccc(-c2ccccc2)cc1. The summed E-state index contributed by atoms with van der Waals surface area (Å²) in [5, 5.41) is 0.514. The van der Waals surface area contributed by atoms with Gasteiger partial charge in [-0.25, -0.2) is 0 Å². The molecule has 0 fully saturated rings. The number of benzene rings is 3. The summed E-state index contributed by atoms with van der Waals surface area (Å²) in [5.74, 6) is -1.44. The number of para-hydroxylation sites is 1. The molecule has 3 aromatic rings. The largest absolute Gasteiger partial charge is 0.423 e. The number of ether oxygens (including phenoxy) is 1. The molecular weight excluding hydrogens is 354 g/mol. The fourth-order valence-corrected chi connectivity index (χ4v) is 2.87. The van der Waals surface area contributed by atoms with Gasteiger partial charge in [0.15, 0.2) is 5.75 Å². The van der Waals surface area contributed by atoms with Gasteiger partial charge in [0, 0.05) is 5.82 Å². The van der Waals surface area contributed by atoms with E-state index in [0.717, 1.165) is 11.1 Å². The summed E-state index contributed by atoms with van der Waals surface area (Å²) >= 11 is 12.0. The second-order valence-electron chi connectivity index (χ2n) is 5.44. The number of halogens is 2. The van der Waals surface area contributed by atoms with E-state index in [-0.39, 0.29) is 15.8 Å². The summed E-state index contributed by atoms with van der Waals surface area (Å²) in [6, 6.07) is 22.2. The standard InChI is InChI=1S/C20H13BCl2O2/c21-18(20(24)25-19-16(22)7-4-8-17(19)23)15-11-9-14(10-12-15)13-5-2-1-3-6-13/h1-12,18H. The van der Waals surface area contributed by atoms with Crippen molar-refractivity contribution in [1.29, 1.82) is 0 Å². The van der Waals surface area contributed by atoms with Crippen LogP contribution in [0.15, 0.2) is 72.8 Å². The maximum Gasteiger partial charge on any atom is 0.309 e. The Morgan fingerprint density at radius 2 is 1.36 bits per heavy atom. The Kier molecular flexibility index (Phi) is 5.47. The molecule has 2 nitrogen and oxygen atoms in total. The molecule has 0 bridgehead atoms. The molecule has 0 heterocycles. The predicted molar refractivity (Wildman–Crippen MR) is 102 cm³/mol. The summed E-state index contributed by atoms with van der Waals surface area (Å²) in [4.78, 5) is 12.3. The second-order valence-corrected chi connectivity index (χ2v) is 6.25. The Bertz CT molecular complexity index is 860. The van der Waals surface area contributed by atoms with Crippen LogP contribution in [0.1, 0.15) is 11.4 Å². The molecule has 122 valence electrons. The number of hydrogen-bond donors (Lipinski definition) is 0. The fourth-order valence-electron chi connectivity index (χ4n) is 2.39. The van der Waals surface area contributed by atoms with Crippen molar-refractivity contribution in [3.8, 4) is 16.9 Å². The van der Waals surface area contributed by atoms with Gasteiger partial charge in [-0.2, -0.15) is 0 Å². The van der Waals surface area contributed by atoms with Crippen molar-refractivity contribution < 1.29 is 9.53 Å². The Labute approximate surface area is 157 Å². The second kappa shape index (κ2) is 7.77. The van der Waals surface area contributed by atoms with Crippen LogP contribution in [0.4, 0.5) is 0 Å². The molecule has 5 heteroatoms. The smallest absolute Gasteiger partial charge is 0.309 e. The van der Waals surface area contributed by atoms with Gasteiger partial charge < -0.3 is 4.74 Å². The lowest BCUT2D eigenvalue weighted by Crippen LogP contribution is -2.19. The molecule has 2 radical (unpaired) electrons. The highest BCUT2D eigenvalue weighted by molar-refractivity contribution is 6.37. The molecule has 0 saturated carbocycles. The van der Waals surface area contributed by atoms with Crippen molar-refractivity contribution in [3.63, 3.8) is 0 Å². The van der Waals surface area contributed by atoms with Gasteiger partial charge in [-0.1, -0.05) is 83.9 Å². The van der Waals surface area contributed by atoms with E-state index >= 15 is 0 Å². The van der Waals surface area contributed by atoms with E-state index in [1.807, 2.05) is 54.6 Å². The van der Waals surface area contributed by atoms with Crippen molar-refractivity contribution in [2.24, 2.45) is 0 Å². The highest BCUT2D eigenvalue weighted by atomic mass is 35.5. The van der Waals surface area contributed by atoms with Gasteiger partial charge in [0.1, 0.15) is 0 Å². The van der Waals surface area contributed by atoms with E-state index in [4.69, 9.17) is 35.8 Å². The quantitative estimate of drug-likeness (QED) is 0.347. The third-order valence-corrected chi connectivity index (χ3v) is 4.35. The molecule has 0 aliphatic heterocycles. The molecule has 3 aromatic carbocycles. The normalized spacial score (nSPS) is 11.8. The van der Waals surface area contributed by atoms with Gasteiger partial charge >= 0.3 is 5.97 Å². The van der Waals surface area contributed by atoms with Crippen molar-refractivity contribution in [1.82, 2.24) is 0 Å². The third kappa shape index (κ3) is 4.06. The molecule has 0 spiro atoms. The average molecular weight is 367 g/mol. The number of carbonyl (C=O) groups is 1. The first-order valence-electron chi connectivity index (χ1n) is 7.63.